The molecule has 4 heteroatoms. The molecule has 0 amide bonds. The van der Waals surface area contributed by atoms with Gasteiger partial charge in [0, 0.05) is 5.92 Å². The summed E-state index contributed by atoms with van der Waals surface area (Å²) in [5.41, 5.74) is 0.904. The van der Waals surface area contributed by atoms with Crippen molar-refractivity contribution >= 4 is 23.9 Å². The lowest BCUT2D eigenvalue weighted by Gasteiger charge is -2.13. The first kappa shape index (κ1) is 12.7. The van der Waals surface area contributed by atoms with Gasteiger partial charge in [0.15, 0.2) is 0 Å². The van der Waals surface area contributed by atoms with E-state index in [9.17, 15) is 9.59 Å². The van der Waals surface area contributed by atoms with E-state index < -0.39 is 11.9 Å². The Morgan fingerprint density at radius 3 is 2.50 bits per heavy atom. The van der Waals surface area contributed by atoms with Crippen LogP contribution in [0.1, 0.15) is 23.8 Å². The van der Waals surface area contributed by atoms with Crippen LogP contribution < -0.4 is 0 Å². The number of carboxylic acid groups (broad SMARTS) is 1. The number of aliphatic carboxylic acids is 1. The molecule has 0 fully saturated rings. The Hall–Kier alpha value is -1.35. The number of carboxylic acids is 1. The second-order valence-electron chi connectivity index (χ2n) is 3.61. The molecule has 1 rings (SSSR count). The second-order valence-corrected chi connectivity index (χ2v) is 4.13. The number of carbonyl (C=O) groups is 2. The SMILES string of the molecule is O=CC(CC(=O)O)CC(Cl)c1ccccc1. The lowest BCUT2D eigenvalue weighted by molar-refractivity contribution is -0.139. The molecule has 0 saturated heterocycles. The molecule has 1 aromatic carbocycles. The topological polar surface area (TPSA) is 54.4 Å². The predicted molar refractivity (Wildman–Crippen MR) is 61.5 cm³/mol. The molecule has 86 valence electrons. The van der Waals surface area contributed by atoms with Gasteiger partial charge in [0.2, 0.25) is 0 Å². The Balaban J connectivity index is 2.58. The highest BCUT2D eigenvalue weighted by atomic mass is 35.5. The fourth-order valence-electron chi connectivity index (χ4n) is 1.48. The first-order chi connectivity index (χ1) is 7.63. The Morgan fingerprint density at radius 1 is 1.38 bits per heavy atom. The lowest BCUT2D eigenvalue weighted by atomic mass is 9.97. The van der Waals surface area contributed by atoms with Gasteiger partial charge in [-0.2, -0.15) is 0 Å². The molecule has 0 heterocycles. The third-order valence-corrected chi connectivity index (χ3v) is 2.73. The van der Waals surface area contributed by atoms with E-state index in [-0.39, 0.29) is 11.8 Å². The van der Waals surface area contributed by atoms with Crippen LogP contribution >= 0.6 is 11.6 Å². The van der Waals surface area contributed by atoms with Gasteiger partial charge in [0.1, 0.15) is 6.29 Å². The monoisotopic (exact) mass is 240 g/mol. The van der Waals surface area contributed by atoms with Crippen molar-refractivity contribution in [2.24, 2.45) is 5.92 Å². The van der Waals surface area contributed by atoms with Crippen LogP contribution in [0.2, 0.25) is 0 Å². The fourth-order valence-corrected chi connectivity index (χ4v) is 1.85. The van der Waals surface area contributed by atoms with Gasteiger partial charge in [0.05, 0.1) is 11.8 Å². The molecule has 2 atom stereocenters. The van der Waals surface area contributed by atoms with Gasteiger partial charge >= 0.3 is 5.97 Å². The van der Waals surface area contributed by atoms with Gasteiger partial charge in [-0.1, -0.05) is 30.3 Å². The third kappa shape index (κ3) is 4.03. The molecule has 0 radical (unpaired) electrons. The van der Waals surface area contributed by atoms with Crippen molar-refractivity contribution < 1.29 is 14.7 Å². The number of rotatable bonds is 6. The quantitative estimate of drug-likeness (QED) is 0.614. The maximum absolute atomic E-state index is 10.7. The maximum Gasteiger partial charge on any atom is 0.304 e. The smallest absolute Gasteiger partial charge is 0.304 e. The molecule has 0 aliphatic heterocycles. The first-order valence-electron chi connectivity index (χ1n) is 4.99. The molecule has 0 bridgehead atoms. The minimum atomic E-state index is -0.978. The number of alkyl halides is 1. The molecule has 16 heavy (non-hydrogen) atoms. The van der Waals surface area contributed by atoms with Crippen molar-refractivity contribution in [3.63, 3.8) is 0 Å². The zero-order valence-electron chi connectivity index (χ0n) is 8.67. The molecule has 1 aromatic rings. The highest BCUT2D eigenvalue weighted by Gasteiger charge is 2.18. The summed E-state index contributed by atoms with van der Waals surface area (Å²) in [6.45, 7) is 0. The summed E-state index contributed by atoms with van der Waals surface area (Å²) >= 11 is 6.11. The summed E-state index contributed by atoms with van der Waals surface area (Å²) in [6.07, 6.45) is 0.841. The zero-order valence-corrected chi connectivity index (χ0v) is 9.43. The molecular formula is C12H13ClO3. The summed E-state index contributed by atoms with van der Waals surface area (Å²) in [4.78, 5) is 21.2. The van der Waals surface area contributed by atoms with Crippen molar-refractivity contribution in [3.8, 4) is 0 Å². The van der Waals surface area contributed by atoms with Crippen LogP contribution in [0.15, 0.2) is 30.3 Å². The zero-order chi connectivity index (χ0) is 12.0. The van der Waals surface area contributed by atoms with Crippen molar-refractivity contribution in [3.05, 3.63) is 35.9 Å². The van der Waals surface area contributed by atoms with E-state index in [0.29, 0.717) is 12.7 Å². The van der Waals surface area contributed by atoms with Crippen molar-refractivity contribution in [2.45, 2.75) is 18.2 Å². The molecule has 0 aliphatic carbocycles. The van der Waals surface area contributed by atoms with Crippen LogP contribution in [0.4, 0.5) is 0 Å². The van der Waals surface area contributed by atoms with Gasteiger partial charge in [-0.15, -0.1) is 11.6 Å². The average molecular weight is 241 g/mol. The van der Waals surface area contributed by atoms with Crippen LogP contribution in [-0.4, -0.2) is 17.4 Å². The van der Waals surface area contributed by atoms with Crippen LogP contribution in [0.5, 0.6) is 0 Å². The van der Waals surface area contributed by atoms with E-state index in [0.717, 1.165) is 5.56 Å². The fraction of sp³-hybridized carbons (Fsp3) is 0.333. The molecule has 1 N–H and O–H groups in total. The van der Waals surface area contributed by atoms with Gasteiger partial charge in [-0.25, -0.2) is 0 Å². The number of hydrogen-bond acceptors (Lipinski definition) is 2. The molecule has 2 unspecified atom stereocenters. The first-order valence-corrected chi connectivity index (χ1v) is 5.43. The number of carbonyl (C=O) groups excluding carboxylic acids is 1. The van der Waals surface area contributed by atoms with Crippen molar-refractivity contribution in [2.75, 3.05) is 0 Å². The van der Waals surface area contributed by atoms with Gasteiger partial charge in [-0.05, 0) is 12.0 Å². The van der Waals surface area contributed by atoms with E-state index in [1.54, 1.807) is 0 Å². The average Bonchev–Trinajstić information content (AvgIpc) is 2.28. The Morgan fingerprint density at radius 2 is 2.00 bits per heavy atom. The van der Waals surface area contributed by atoms with Crippen molar-refractivity contribution in [1.82, 2.24) is 0 Å². The highest BCUT2D eigenvalue weighted by molar-refractivity contribution is 6.20. The van der Waals surface area contributed by atoms with Gasteiger partial charge < -0.3 is 9.90 Å². The van der Waals surface area contributed by atoms with Gasteiger partial charge in [-0.3, -0.25) is 4.79 Å². The lowest BCUT2D eigenvalue weighted by Crippen LogP contribution is -2.11. The molecule has 3 nitrogen and oxygen atoms in total. The highest BCUT2D eigenvalue weighted by Crippen LogP contribution is 2.28. The summed E-state index contributed by atoms with van der Waals surface area (Å²) in [5, 5.41) is 8.27. The molecule has 0 aliphatic rings. The summed E-state index contributed by atoms with van der Waals surface area (Å²) < 4.78 is 0. The van der Waals surface area contributed by atoms with E-state index in [1.807, 2.05) is 30.3 Å². The second kappa shape index (κ2) is 6.28. The van der Waals surface area contributed by atoms with Crippen molar-refractivity contribution in [1.29, 1.82) is 0 Å². The maximum atomic E-state index is 10.7. The number of benzene rings is 1. The number of aldehydes is 1. The van der Waals surface area contributed by atoms with E-state index in [2.05, 4.69) is 0 Å². The van der Waals surface area contributed by atoms with E-state index in [4.69, 9.17) is 16.7 Å². The predicted octanol–water partition coefficient (Wildman–Crippen LogP) is 2.65. The Labute approximate surface area is 99.0 Å². The van der Waals surface area contributed by atoms with Crippen LogP contribution in [0.25, 0.3) is 0 Å². The summed E-state index contributed by atoms with van der Waals surface area (Å²) in [5.74, 6) is -1.51. The number of halogens is 1. The number of hydrogen-bond donors (Lipinski definition) is 1. The van der Waals surface area contributed by atoms with Gasteiger partial charge in [0.25, 0.3) is 0 Å². The van der Waals surface area contributed by atoms with Crippen LogP contribution in [-0.2, 0) is 9.59 Å². The Kier molecular flexibility index (Phi) is 4.99. The van der Waals surface area contributed by atoms with E-state index in [1.165, 1.54) is 0 Å². The van der Waals surface area contributed by atoms with E-state index >= 15 is 0 Å². The normalized spacial score (nSPS) is 14.1. The summed E-state index contributed by atoms with van der Waals surface area (Å²) in [6, 6.07) is 9.32. The Bertz CT molecular complexity index is 351. The molecule has 0 spiro atoms. The third-order valence-electron chi connectivity index (χ3n) is 2.30. The molecular weight excluding hydrogens is 228 g/mol. The minimum absolute atomic E-state index is 0.167. The molecule has 0 saturated carbocycles. The summed E-state index contributed by atoms with van der Waals surface area (Å²) in [7, 11) is 0. The largest absolute Gasteiger partial charge is 0.481 e. The molecule has 0 aromatic heterocycles. The van der Waals surface area contributed by atoms with Crippen LogP contribution in [0, 0.1) is 5.92 Å². The van der Waals surface area contributed by atoms with Crippen LogP contribution in [0.3, 0.4) is 0 Å². The minimum Gasteiger partial charge on any atom is -0.481 e. The standard InChI is InChI=1S/C12H13ClO3/c13-11(10-4-2-1-3-5-10)6-9(8-14)7-12(15)16/h1-5,8-9,11H,6-7H2,(H,15,16).